The lowest BCUT2D eigenvalue weighted by molar-refractivity contribution is 0.0957. The molecule has 1 unspecified atom stereocenters. The molecule has 1 atom stereocenters. The summed E-state index contributed by atoms with van der Waals surface area (Å²) in [6.45, 7) is 2.82. The number of methoxy groups -OCH3 is 1. The Balaban J connectivity index is 2.29. The number of carbonyl (C=O) groups is 1. The van der Waals surface area contributed by atoms with Crippen molar-refractivity contribution in [3.05, 3.63) is 16.3 Å². The Hall–Kier alpha value is -0.550. The highest BCUT2D eigenvalue weighted by molar-refractivity contribution is 9.09. The number of thiophene rings is 1. The molecule has 0 saturated carbocycles. The summed E-state index contributed by atoms with van der Waals surface area (Å²) < 4.78 is 5.03. The topological polar surface area (TPSA) is 38.3 Å². The van der Waals surface area contributed by atoms with Crippen molar-refractivity contribution in [2.75, 3.05) is 13.7 Å². The zero-order chi connectivity index (χ0) is 12.0. The van der Waals surface area contributed by atoms with Gasteiger partial charge in [0.1, 0.15) is 5.75 Å². The molecular formula is C11H16BrNO2S. The molecule has 3 nitrogen and oxygen atoms in total. The Kier molecular flexibility index (Phi) is 5.84. The van der Waals surface area contributed by atoms with Crippen molar-refractivity contribution >= 4 is 33.2 Å². The van der Waals surface area contributed by atoms with Crippen molar-refractivity contribution in [1.29, 1.82) is 0 Å². The molecule has 5 heteroatoms. The first-order valence-corrected chi connectivity index (χ1v) is 6.98. The number of hydrogen-bond donors (Lipinski definition) is 1. The first-order valence-electron chi connectivity index (χ1n) is 5.18. The third-order valence-electron chi connectivity index (χ3n) is 2.10. The van der Waals surface area contributed by atoms with Crippen LogP contribution in [0.25, 0.3) is 0 Å². The van der Waals surface area contributed by atoms with Crippen molar-refractivity contribution in [2.45, 2.75) is 24.6 Å². The fourth-order valence-electron chi connectivity index (χ4n) is 1.22. The summed E-state index contributed by atoms with van der Waals surface area (Å²) in [5, 5.41) is 4.72. The smallest absolute Gasteiger partial charge is 0.261 e. The summed E-state index contributed by atoms with van der Waals surface area (Å²) in [5.74, 6) is 0.722. The molecule has 90 valence electrons. The first-order chi connectivity index (χ1) is 7.63. The fourth-order valence-corrected chi connectivity index (χ4v) is 2.31. The third-order valence-corrected chi connectivity index (χ3v) is 3.46. The van der Waals surface area contributed by atoms with Gasteiger partial charge in [0, 0.05) is 22.8 Å². The molecule has 1 N–H and O–H groups in total. The number of halogens is 1. The predicted molar refractivity (Wildman–Crippen MR) is 70.8 cm³/mol. The second kappa shape index (κ2) is 6.91. The molecule has 1 heterocycles. The molecule has 0 aromatic carbocycles. The van der Waals surface area contributed by atoms with Crippen LogP contribution in [0.1, 0.15) is 29.4 Å². The number of hydrogen-bond acceptors (Lipinski definition) is 3. The second-order valence-corrected chi connectivity index (χ2v) is 6.00. The van der Waals surface area contributed by atoms with Crippen LogP contribution in [0.4, 0.5) is 0 Å². The molecule has 0 saturated heterocycles. The lowest BCUT2D eigenvalue weighted by Crippen LogP contribution is -2.23. The minimum absolute atomic E-state index is 0.0180. The van der Waals surface area contributed by atoms with E-state index >= 15 is 0 Å². The molecule has 0 spiro atoms. The Morgan fingerprint density at radius 3 is 3.00 bits per heavy atom. The van der Waals surface area contributed by atoms with Crippen LogP contribution in [0, 0.1) is 0 Å². The molecule has 16 heavy (non-hydrogen) atoms. The van der Waals surface area contributed by atoms with Gasteiger partial charge in [0.15, 0.2) is 0 Å². The molecule has 0 aliphatic heterocycles. The quantitative estimate of drug-likeness (QED) is 0.648. The number of rotatable bonds is 6. The highest BCUT2D eigenvalue weighted by Crippen LogP contribution is 2.20. The van der Waals surface area contributed by atoms with Crippen LogP contribution in [-0.4, -0.2) is 24.4 Å². The maximum absolute atomic E-state index is 11.7. The Morgan fingerprint density at radius 1 is 1.69 bits per heavy atom. The summed E-state index contributed by atoms with van der Waals surface area (Å²) in [6.07, 6.45) is 2.05. The van der Waals surface area contributed by atoms with E-state index in [9.17, 15) is 4.79 Å². The lowest BCUT2D eigenvalue weighted by Gasteiger charge is -2.04. The Labute approximate surface area is 108 Å². The van der Waals surface area contributed by atoms with Crippen molar-refractivity contribution in [3.63, 3.8) is 0 Å². The van der Waals surface area contributed by atoms with E-state index in [0.717, 1.165) is 25.1 Å². The Morgan fingerprint density at radius 2 is 2.44 bits per heavy atom. The summed E-state index contributed by atoms with van der Waals surface area (Å²) in [4.78, 5) is 12.9. The van der Waals surface area contributed by atoms with Crippen LogP contribution in [0.2, 0.25) is 0 Å². The van der Waals surface area contributed by atoms with Gasteiger partial charge in [-0.05, 0) is 12.8 Å². The molecule has 1 amide bonds. The predicted octanol–water partition coefficient (Wildman–Crippen LogP) is 3.05. The number of amides is 1. The lowest BCUT2D eigenvalue weighted by atomic mass is 10.2. The average molecular weight is 306 g/mol. The van der Waals surface area contributed by atoms with Crippen LogP contribution >= 0.6 is 27.3 Å². The minimum atomic E-state index is -0.0180. The van der Waals surface area contributed by atoms with E-state index in [2.05, 4.69) is 28.2 Å². The maximum atomic E-state index is 11.7. The molecule has 1 rings (SSSR count). The monoisotopic (exact) mass is 305 g/mol. The number of ether oxygens (including phenoxy) is 1. The van der Waals surface area contributed by atoms with Crippen LogP contribution < -0.4 is 10.1 Å². The van der Waals surface area contributed by atoms with E-state index in [-0.39, 0.29) is 5.91 Å². The molecule has 0 fully saturated rings. The highest BCUT2D eigenvalue weighted by atomic mass is 79.9. The zero-order valence-electron chi connectivity index (χ0n) is 9.46. The van der Waals surface area contributed by atoms with Gasteiger partial charge >= 0.3 is 0 Å². The molecule has 0 aliphatic rings. The maximum Gasteiger partial charge on any atom is 0.261 e. The van der Waals surface area contributed by atoms with Gasteiger partial charge in [-0.15, -0.1) is 11.3 Å². The van der Waals surface area contributed by atoms with Gasteiger partial charge in [0.25, 0.3) is 5.91 Å². The van der Waals surface area contributed by atoms with Gasteiger partial charge < -0.3 is 10.1 Å². The van der Waals surface area contributed by atoms with E-state index in [1.807, 2.05) is 5.38 Å². The summed E-state index contributed by atoms with van der Waals surface area (Å²) in [6, 6.07) is 1.76. The molecule has 1 aromatic heterocycles. The second-order valence-electron chi connectivity index (χ2n) is 3.53. The van der Waals surface area contributed by atoms with Crippen molar-refractivity contribution in [1.82, 2.24) is 5.32 Å². The Bertz CT molecular complexity index is 338. The molecular weight excluding hydrogens is 290 g/mol. The van der Waals surface area contributed by atoms with Crippen molar-refractivity contribution in [2.24, 2.45) is 0 Å². The fraction of sp³-hybridized carbons (Fsp3) is 0.545. The third kappa shape index (κ3) is 4.53. The molecule has 0 aliphatic carbocycles. The SMILES string of the molecule is COc1csc(C(=O)NCCCC(C)Br)c1. The zero-order valence-corrected chi connectivity index (χ0v) is 11.9. The van der Waals surface area contributed by atoms with E-state index in [1.54, 1.807) is 13.2 Å². The first kappa shape index (κ1) is 13.5. The van der Waals surface area contributed by atoms with Gasteiger partial charge in [-0.1, -0.05) is 22.9 Å². The summed E-state index contributed by atoms with van der Waals surface area (Å²) in [7, 11) is 1.60. The van der Waals surface area contributed by atoms with Crippen LogP contribution in [0.3, 0.4) is 0 Å². The minimum Gasteiger partial charge on any atom is -0.496 e. The van der Waals surface area contributed by atoms with Gasteiger partial charge in [-0.25, -0.2) is 0 Å². The number of alkyl halides is 1. The summed E-state index contributed by atoms with van der Waals surface area (Å²) >= 11 is 4.87. The van der Waals surface area contributed by atoms with Gasteiger partial charge in [-0.2, -0.15) is 0 Å². The van der Waals surface area contributed by atoms with E-state index < -0.39 is 0 Å². The van der Waals surface area contributed by atoms with Crippen LogP contribution in [-0.2, 0) is 0 Å². The van der Waals surface area contributed by atoms with Crippen molar-refractivity contribution < 1.29 is 9.53 Å². The highest BCUT2D eigenvalue weighted by Gasteiger charge is 2.08. The average Bonchev–Trinajstić information content (AvgIpc) is 2.72. The van der Waals surface area contributed by atoms with Gasteiger partial charge in [0.2, 0.25) is 0 Å². The largest absolute Gasteiger partial charge is 0.496 e. The normalized spacial score (nSPS) is 12.2. The van der Waals surface area contributed by atoms with Gasteiger partial charge in [-0.3, -0.25) is 4.79 Å². The number of nitrogens with one attached hydrogen (secondary N) is 1. The van der Waals surface area contributed by atoms with E-state index in [1.165, 1.54) is 11.3 Å². The van der Waals surface area contributed by atoms with Gasteiger partial charge in [0.05, 0.1) is 12.0 Å². The molecule has 1 aromatic rings. The van der Waals surface area contributed by atoms with E-state index in [4.69, 9.17) is 4.74 Å². The van der Waals surface area contributed by atoms with Crippen molar-refractivity contribution in [3.8, 4) is 5.75 Å². The van der Waals surface area contributed by atoms with Crippen LogP contribution in [0.15, 0.2) is 11.4 Å². The molecule has 0 radical (unpaired) electrons. The van der Waals surface area contributed by atoms with Crippen LogP contribution in [0.5, 0.6) is 5.75 Å². The van der Waals surface area contributed by atoms with E-state index in [0.29, 0.717) is 9.70 Å². The standard InChI is InChI=1S/C11H16BrNO2S/c1-8(12)4-3-5-13-11(14)10-6-9(15-2)7-16-10/h6-8H,3-5H2,1-2H3,(H,13,14). The molecule has 0 bridgehead atoms. The summed E-state index contributed by atoms with van der Waals surface area (Å²) in [5.41, 5.74) is 0. The number of carbonyl (C=O) groups excluding carboxylic acids is 1.